The summed E-state index contributed by atoms with van der Waals surface area (Å²) in [6.45, 7) is 12.1. The van der Waals surface area contributed by atoms with E-state index in [2.05, 4.69) is 18.8 Å². The van der Waals surface area contributed by atoms with Crippen molar-refractivity contribution in [3.63, 3.8) is 0 Å². The van der Waals surface area contributed by atoms with E-state index in [1.165, 1.54) is 4.31 Å². The van der Waals surface area contributed by atoms with Gasteiger partial charge >= 0.3 is 5.97 Å². The van der Waals surface area contributed by atoms with Gasteiger partial charge in [0.2, 0.25) is 10.0 Å². The van der Waals surface area contributed by atoms with Gasteiger partial charge in [0.1, 0.15) is 0 Å². The third-order valence-electron chi connectivity index (χ3n) is 6.02. The molecule has 0 saturated heterocycles. The number of nitrogens with zero attached hydrogens (tertiary/aromatic N) is 1. The molecular weight excluding hydrogens is 448 g/mol. The number of ether oxygens (including phenoxy) is 1. The van der Waals surface area contributed by atoms with Crippen LogP contribution in [0.1, 0.15) is 70.7 Å². The lowest BCUT2D eigenvalue weighted by Gasteiger charge is -2.23. The van der Waals surface area contributed by atoms with E-state index in [1.54, 1.807) is 26.0 Å². The summed E-state index contributed by atoms with van der Waals surface area (Å²) in [6, 6.07) is 14.9. The molecule has 0 spiro atoms. The summed E-state index contributed by atoms with van der Waals surface area (Å²) in [5, 5.41) is 0. The van der Waals surface area contributed by atoms with E-state index < -0.39 is 16.0 Å². The number of aryl methyl sites for hydroxylation is 2. The molecule has 6 nitrogen and oxygen atoms in total. The van der Waals surface area contributed by atoms with Crippen molar-refractivity contribution in [1.29, 1.82) is 0 Å². The van der Waals surface area contributed by atoms with Crippen LogP contribution in [0.4, 0.5) is 0 Å². The highest BCUT2D eigenvalue weighted by Gasteiger charge is 2.28. The van der Waals surface area contributed by atoms with Gasteiger partial charge in [-0.1, -0.05) is 55.8 Å². The van der Waals surface area contributed by atoms with Crippen LogP contribution >= 0.6 is 0 Å². The first-order valence-corrected chi connectivity index (χ1v) is 13.0. The number of esters is 1. The third kappa shape index (κ3) is 5.59. The first-order valence-electron chi connectivity index (χ1n) is 11.5. The SMILES string of the molecule is CCOC(=O)c1c(C)[nH]c(CN(Cc2ccc(C)cc2)S(=O)(=O)c2ccc(C(C)C)cc2)c1C. The Labute approximate surface area is 203 Å². The second-order valence-electron chi connectivity index (χ2n) is 8.93. The second kappa shape index (κ2) is 10.6. The number of aromatic nitrogens is 1. The fraction of sp³-hybridized carbons (Fsp3) is 0.370. The van der Waals surface area contributed by atoms with Crippen LogP contribution in [-0.4, -0.2) is 30.3 Å². The fourth-order valence-electron chi connectivity index (χ4n) is 3.96. The molecule has 0 aliphatic carbocycles. The van der Waals surface area contributed by atoms with Crippen molar-refractivity contribution in [1.82, 2.24) is 9.29 Å². The molecule has 1 aromatic heterocycles. The van der Waals surface area contributed by atoms with E-state index in [0.29, 0.717) is 28.4 Å². The molecule has 0 fully saturated rings. The summed E-state index contributed by atoms with van der Waals surface area (Å²) in [6.07, 6.45) is 0. The minimum absolute atomic E-state index is 0.105. The maximum absolute atomic E-state index is 13.7. The number of sulfonamides is 1. The molecule has 7 heteroatoms. The Morgan fingerprint density at radius 1 is 0.971 bits per heavy atom. The molecule has 3 aromatic rings. The molecule has 0 saturated carbocycles. The van der Waals surface area contributed by atoms with Crippen LogP contribution in [0.2, 0.25) is 0 Å². The molecule has 1 N–H and O–H groups in total. The number of carbonyl (C=O) groups excluding carboxylic acids is 1. The lowest BCUT2D eigenvalue weighted by Crippen LogP contribution is -2.30. The van der Waals surface area contributed by atoms with Crippen molar-refractivity contribution >= 4 is 16.0 Å². The van der Waals surface area contributed by atoms with E-state index in [-0.39, 0.29) is 24.6 Å². The van der Waals surface area contributed by atoms with Crippen molar-refractivity contribution in [2.75, 3.05) is 6.61 Å². The molecule has 3 rings (SSSR count). The average molecular weight is 483 g/mol. The summed E-state index contributed by atoms with van der Waals surface area (Å²) in [7, 11) is -3.80. The minimum atomic E-state index is -3.80. The summed E-state index contributed by atoms with van der Waals surface area (Å²) in [4.78, 5) is 15.9. The summed E-state index contributed by atoms with van der Waals surface area (Å²) < 4.78 is 34.1. The maximum Gasteiger partial charge on any atom is 0.340 e. The maximum atomic E-state index is 13.7. The normalized spacial score (nSPS) is 11.9. The second-order valence-corrected chi connectivity index (χ2v) is 10.9. The van der Waals surface area contributed by atoms with Crippen LogP contribution < -0.4 is 0 Å². The molecule has 34 heavy (non-hydrogen) atoms. The molecule has 182 valence electrons. The molecule has 0 bridgehead atoms. The number of aromatic amines is 1. The van der Waals surface area contributed by atoms with Gasteiger partial charge in [-0.25, -0.2) is 13.2 Å². The van der Waals surface area contributed by atoms with Crippen molar-refractivity contribution in [2.45, 2.75) is 65.4 Å². The molecule has 2 aromatic carbocycles. The molecule has 0 aliphatic heterocycles. The van der Waals surface area contributed by atoms with E-state index in [0.717, 1.165) is 16.7 Å². The molecule has 0 unspecified atom stereocenters. The largest absolute Gasteiger partial charge is 0.462 e. The van der Waals surface area contributed by atoms with Gasteiger partial charge in [0.05, 0.1) is 23.6 Å². The summed E-state index contributed by atoms with van der Waals surface area (Å²) in [5.74, 6) is -0.0940. The quantitative estimate of drug-likeness (QED) is 0.401. The zero-order chi connectivity index (χ0) is 25.0. The number of benzene rings is 2. The van der Waals surface area contributed by atoms with Crippen LogP contribution in [0, 0.1) is 20.8 Å². The number of H-pyrrole nitrogens is 1. The van der Waals surface area contributed by atoms with Gasteiger partial charge < -0.3 is 9.72 Å². The summed E-state index contributed by atoms with van der Waals surface area (Å²) in [5.41, 5.74) is 5.59. The van der Waals surface area contributed by atoms with Gasteiger partial charge in [-0.05, 0) is 62.4 Å². The van der Waals surface area contributed by atoms with Crippen LogP contribution in [0.15, 0.2) is 53.4 Å². The zero-order valence-corrected chi connectivity index (χ0v) is 21.6. The first kappa shape index (κ1) is 25.7. The van der Waals surface area contributed by atoms with Gasteiger partial charge in [0.15, 0.2) is 0 Å². The fourth-order valence-corrected chi connectivity index (χ4v) is 5.35. The number of hydrogen-bond acceptors (Lipinski definition) is 4. The predicted octanol–water partition coefficient (Wildman–Crippen LogP) is 5.63. The number of hydrogen-bond donors (Lipinski definition) is 1. The van der Waals surface area contributed by atoms with Crippen molar-refractivity contribution < 1.29 is 17.9 Å². The predicted molar refractivity (Wildman–Crippen MR) is 134 cm³/mol. The molecular formula is C27H34N2O4S. The number of nitrogens with one attached hydrogen (secondary N) is 1. The van der Waals surface area contributed by atoms with Gasteiger partial charge in [-0.2, -0.15) is 4.31 Å². The van der Waals surface area contributed by atoms with Crippen LogP contribution in [0.5, 0.6) is 0 Å². The molecule has 0 radical (unpaired) electrons. The molecule has 0 aliphatic rings. The monoisotopic (exact) mass is 482 g/mol. The van der Waals surface area contributed by atoms with E-state index in [1.807, 2.05) is 50.2 Å². The third-order valence-corrected chi connectivity index (χ3v) is 7.83. The molecule has 0 amide bonds. The van der Waals surface area contributed by atoms with E-state index in [4.69, 9.17) is 4.74 Å². The van der Waals surface area contributed by atoms with Crippen molar-refractivity contribution in [3.05, 3.63) is 87.7 Å². The topological polar surface area (TPSA) is 79.5 Å². The number of rotatable bonds is 9. The van der Waals surface area contributed by atoms with Gasteiger partial charge in [0.25, 0.3) is 0 Å². The number of carbonyl (C=O) groups is 1. The molecule has 0 atom stereocenters. The van der Waals surface area contributed by atoms with Crippen molar-refractivity contribution in [2.24, 2.45) is 0 Å². The Morgan fingerprint density at radius 2 is 1.59 bits per heavy atom. The van der Waals surface area contributed by atoms with Gasteiger partial charge in [0, 0.05) is 17.9 Å². The highest BCUT2D eigenvalue weighted by molar-refractivity contribution is 7.89. The highest BCUT2D eigenvalue weighted by Crippen LogP contribution is 2.26. The lowest BCUT2D eigenvalue weighted by molar-refractivity contribution is 0.0525. The molecule has 1 heterocycles. The first-order chi connectivity index (χ1) is 16.0. The van der Waals surface area contributed by atoms with Gasteiger partial charge in [-0.3, -0.25) is 0 Å². The van der Waals surface area contributed by atoms with Crippen LogP contribution in [-0.2, 0) is 27.8 Å². The smallest absolute Gasteiger partial charge is 0.340 e. The Morgan fingerprint density at radius 3 is 2.15 bits per heavy atom. The Balaban J connectivity index is 2.01. The Kier molecular flexibility index (Phi) is 8.00. The van der Waals surface area contributed by atoms with Crippen LogP contribution in [0.3, 0.4) is 0 Å². The Bertz CT molecular complexity index is 1240. The van der Waals surface area contributed by atoms with E-state index >= 15 is 0 Å². The highest BCUT2D eigenvalue weighted by atomic mass is 32.2. The van der Waals surface area contributed by atoms with E-state index in [9.17, 15) is 13.2 Å². The minimum Gasteiger partial charge on any atom is -0.462 e. The van der Waals surface area contributed by atoms with Crippen molar-refractivity contribution in [3.8, 4) is 0 Å². The van der Waals surface area contributed by atoms with Gasteiger partial charge in [-0.15, -0.1) is 0 Å². The van der Waals surface area contributed by atoms with Crippen LogP contribution in [0.25, 0.3) is 0 Å². The Hall–Kier alpha value is -2.90. The zero-order valence-electron chi connectivity index (χ0n) is 20.8. The lowest BCUT2D eigenvalue weighted by atomic mass is 10.0. The average Bonchev–Trinajstić information content (AvgIpc) is 3.07. The summed E-state index contributed by atoms with van der Waals surface area (Å²) >= 11 is 0. The standard InChI is InChI=1S/C27H34N2O4S/c1-7-33-27(30)26-20(5)25(28-21(26)6)17-29(16-22-10-8-19(4)9-11-22)34(31,32)24-14-12-23(13-15-24)18(2)3/h8-15,18,28H,7,16-17H2,1-6H3.